The maximum atomic E-state index is 12.2. The van der Waals surface area contributed by atoms with Crippen LogP contribution in [0.25, 0.3) is 0 Å². The van der Waals surface area contributed by atoms with Gasteiger partial charge in [0.25, 0.3) is 10.1 Å². The molecule has 0 aliphatic rings. The van der Waals surface area contributed by atoms with E-state index in [1.807, 2.05) is 0 Å². The monoisotopic (exact) mass is 585 g/mol. The third-order valence-electron chi connectivity index (χ3n) is 6.98. The summed E-state index contributed by atoms with van der Waals surface area (Å²) < 4.78 is 42.9. The summed E-state index contributed by atoms with van der Waals surface area (Å²) in [5.74, 6) is -1.91. The molecule has 1 atom stereocenters. The molecule has 1 unspecified atom stereocenters. The van der Waals surface area contributed by atoms with Crippen molar-refractivity contribution >= 4 is 22.1 Å². The van der Waals surface area contributed by atoms with E-state index in [9.17, 15) is 22.6 Å². The van der Waals surface area contributed by atoms with Crippen molar-refractivity contribution in [1.29, 1.82) is 0 Å². The van der Waals surface area contributed by atoms with Crippen molar-refractivity contribution in [2.24, 2.45) is 0 Å². The Bertz CT molecular complexity index is 670. The molecule has 0 fully saturated rings. The van der Waals surface area contributed by atoms with Crippen LogP contribution in [0.4, 0.5) is 0 Å². The zero-order valence-corrected chi connectivity index (χ0v) is 28.4. The van der Waals surface area contributed by atoms with Crippen LogP contribution in [0.1, 0.15) is 162 Å². The van der Waals surface area contributed by atoms with Crippen LogP contribution < -0.4 is 29.6 Å². The molecule has 0 rings (SSSR count). The second kappa shape index (κ2) is 29.3. The molecule has 0 radical (unpaired) electrons. The first kappa shape index (κ1) is 41.0. The van der Waals surface area contributed by atoms with Gasteiger partial charge in [0, 0.05) is 0 Å². The van der Waals surface area contributed by atoms with Gasteiger partial charge in [0.05, 0.1) is 19.6 Å². The van der Waals surface area contributed by atoms with Crippen molar-refractivity contribution in [1.82, 2.24) is 0 Å². The van der Waals surface area contributed by atoms with Crippen LogP contribution in [0.5, 0.6) is 0 Å². The molecule has 0 amide bonds. The van der Waals surface area contributed by atoms with E-state index in [1.54, 1.807) is 0 Å². The van der Waals surface area contributed by atoms with Crippen LogP contribution in [0.2, 0.25) is 0 Å². The van der Waals surface area contributed by atoms with Crippen molar-refractivity contribution in [3.8, 4) is 0 Å². The van der Waals surface area contributed by atoms with Gasteiger partial charge in [-0.1, -0.05) is 142 Å². The van der Waals surface area contributed by atoms with Gasteiger partial charge in [0.15, 0.2) is 5.25 Å². The summed E-state index contributed by atoms with van der Waals surface area (Å²) in [6, 6.07) is 0. The minimum atomic E-state index is -4.76. The Hall–Kier alpha value is -0.150. The summed E-state index contributed by atoms with van der Waals surface area (Å²) in [6.45, 7) is 4.70. The number of carbonyl (C=O) groups excluding carboxylic acids is 2. The summed E-state index contributed by atoms with van der Waals surface area (Å²) in [5, 5.41) is -1.93. The first-order valence-corrected chi connectivity index (χ1v) is 17.1. The van der Waals surface area contributed by atoms with Gasteiger partial charge in [0.2, 0.25) is 0 Å². The van der Waals surface area contributed by atoms with E-state index >= 15 is 0 Å². The summed E-state index contributed by atoms with van der Waals surface area (Å²) in [6.07, 6.45) is 24.8. The Balaban J connectivity index is 0. The molecular formula is C30H58NaO7S+. The molecule has 0 bridgehead atoms. The first-order valence-electron chi connectivity index (χ1n) is 15.6. The zero-order valence-electron chi connectivity index (χ0n) is 25.6. The molecule has 7 nitrogen and oxygen atoms in total. The Morgan fingerprint density at radius 1 is 0.564 bits per heavy atom. The predicted octanol–water partition coefficient (Wildman–Crippen LogP) is 5.35. The third-order valence-corrected chi connectivity index (χ3v) is 8.06. The van der Waals surface area contributed by atoms with Crippen molar-refractivity contribution in [3.63, 3.8) is 0 Å². The van der Waals surface area contributed by atoms with Crippen LogP contribution in [-0.2, 0) is 29.2 Å². The van der Waals surface area contributed by atoms with Gasteiger partial charge in [-0.3, -0.25) is 14.1 Å². The number of carbonyl (C=O) groups is 2. The van der Waals surface area contributed by atoms with Crippen LogP contribution in [-0.4, -0.2) is 43.4 Å². The molecule has 1 N–H and O–H groups in total. The van der Waals surface area contributed by atoms with Crippen LogP contribution in [0.3, 0.4) is 0 Å². The Kier molecular flexibility index (Phi) is 30.8. The van der Waals surface area contributed by atoms with E-state index in [0.29, 0.717) is 12.8 Å². The Labute approximate surface area is 262 Å². The Morgan fingerprint density at radius 3 is 1.21 bits per heavy atom. The largest absolute Gasteiger partial charge is 1.00 e. The quantitative estimate of drug-likeness (QED) is 0.0571. The second-order valence-electron chi connectivity index (χ2n) is 10.7. The van der Waals surface area contributed by atoms with Gasteiger partial charge in [-0.15, -0.1) is 0 Å². The van der Waals surface area contributed by atoms with Gasteiger partial charge in [-0.25, -0.2) is 0 Å². The molecule has 226 valence electrons. The molecule has 0 aliphatic heterocycles. The van der Waals surface area contributed by atoms with Gasteiger partial charge in [-0.05, 0) is 12.8 Å². The molecule has 0 spiro atoms. The molecule has 0 aliphatic carbocycles. The van der Waals surface area contributed by atoms with Gasteiger partial charge >= 0.3 is 41.5 Å². The smallest absolute Gasteiger partial charge is 0.466 e. The van der Waals surface area contributed by atoms with E-state index in [4.69, 9.17) is 9.47 Å². The molecule has 0 saturated heterocycles. The molecule has 39 heavy (non-hydrogen) atoms. The van der Waals surface area contributed by atoms with E-state index in [1.165, 1.54) is 89.9 Å². The third kappa shape index (κ3) is 27.8. The van der Waals surface area contributed by atoms with Gasteiger partial charge < -0.3 is 9.47 Å². The van der Waals surface area contributed by atoms with Crippen LogP contribution in [0, 0.1) is 0 Å². The van der Waals surface area contributed by atoms with E-state index < -0.39 is 33.7 Å². The van der Waals surface area contributed by atoms with E-state index in [-0.39, 0.29) is 42.8 Å². The molecular weight excluding hydrogens is 527 g/mol. The maximum Gasteiger partial charge on any atom is 1.00 e. The number of rotatable bonds is 28. The van der Waals surface area contributed by atoms with Gasteiger partial charge in [-0.2, -0.15) is 8.42 Å². The van der Waals surface area contributed by atoms with Crippen molar-refractivity contribution < 1.29 is 61.6 Å². The standard InChI is InChI=1S/C30H58O7S.Na/c1-3-5-7-9-11-13-15-17-19-21-23-25-36-29(31)27-28(38(33,34)35)30(32)37-26-24-22-20-18-16-14-12-10-8-6-4-2;/h28H,3-27H2,1-2H3,(H,33,34,35);/q;+1. The predicted molar refractivity (Wildman–Crippen MR) is 155 cm³/mol. The zero-order chi connectivity index (χ0) is 28.3. The SMILES string of the molecule is CCCCCCCCCCCCCOC(=O)CC(C(=O)OCCCCCCCCCCCCC)S(=O)(=O)O.[Na+]. The number of ether oxygens (including phenoxy) is 2. The molecule has 0 heterocycles. The van der Waals surface area contributed by atoms with Crippen molar-refractivity contribution in [2.75, 3.05) is 13.2 Å². The maximum absolute atomic E-state index is 12.2. The average Bonchev–Trinajstić information content (AvgIpc) is 2.87. The van der Waals surface area contributed by atoms with Gasteiger partial charge in [0.1, 0.15) is 0 Å². The Morgan fingerprint density at radius 2 is 0.872 bits per heavy atom. The van der Waals surface area contributed by atoms with Crippen LogP contribution >= 0.6 is 0 Å². The van der Waals surface area contributed by atoms with Crippen LogP contribution in [0.15, 0.2) is 0 Å². The fraction of sp³-hybridized carbons (Fsp3) is 0.933. The second-order valence-corrected chi connectivity index (χ2v) is 12.3. The molecule has 0 aromatic rings. The summed E-state index contributed by atoms with van der Waals surface area (Å²) in [5.41, 5.74) is 0. The number of esters is 2. The normalized spacial score (nSPS) is 12.1. The minimum Gasteiger partial charge on any atom is -0.466 e. The molecule has 0 aromatic heterocycles. The average molecular weight is 586 g/mol. The molecule has 0 saturated carbocycles. The minimum absolute atomic E-state index is 0. The number of hydrogen-bond acceptors (Lipinski definition) is 6. The molecule has 9 heteroatoms. The van der Waals surface area contributed by atoms with Crippen molar-refractivity contribution in [2.45, 2.75) is 167 Å². The summed E-state index contributed by atoms with van der Waals surface area (Å²) >= 11 is 0. The number of hydrogen-bond donors (Lipinski definition) is 1. The van der Waals surface area contributed by atoms with Crippen molar-refractivity contribution in [3.05, 3.63) is 0 Å². The fourth-order valence-corrected chi connectivity index (χ4v) is 5.16. The molecule has 0 aromatic carbocycles. The summed E-state index contributed by atoms with van der Waals surface area (Å²) in [7, 11) is -4.76. The topological polar surface area (TPSA) is 107 Å². The summed E-state index contributed by atoms with van der Waals surface area (Å²) in [4.78, 5) is 24.3. The number of unbranched alkanes of at least 4 members (excludes halogenated alkanes) is 20. The van der Waals surface area contributed by atoms with E-state index in [2.05, 4.69) is 13.8 Å². The first-order chi connectivity index (χ1) is 18.3. The fourth-order valence-electron chi connectivity index (χ4n) is 4.50. The van der Waals surface area contributed by atoms with E-state index in [0.717, 1.165) is 38.5 Å².